The van der Waals surface area contributed by atoms with Crippen LogP contribution in [0, 0.1) is 6.92 Å². The van der Waals surface area contributed by atoms with E-state index in [0.29, 0.717) is 0 Å². The zero-order valence-electron chi connectivity index (χ0n) is 16.9. The highest BCUT2D eigenvalue weighted by molar-refractivity contribution is 6.35. The molecule has 1 atom stereocenters. The predicted octanol–water partition coefficient (Wildman–Crippen LogP) is 5.93. The van der Waals surface area contributed by atoms with Crippen molar-refractivity contribution in [2.45, 2.75) is 45.6 Å². The van der Waals surface area contributed by atoms with Gasteiger partial charge < -0.3 is 4.90 Å². The molecule has 1 unspecified atom stereocenters. The average Bonchev–Trinajstić information content (AvgIpc) is 2.95. The van der Waals surface area contributed by atoms with Crippen molar-refractivity contribution in [2.75, 3.05) is 0 Å². The Bertz CT molecular complexity index is 976. The third-order valence-electron chi connectivity index (χ3n) is 5.82. The normalized spacial score (nSPS) is 20.8. The van der Waals surface area contributed by atoms with Gasteiger partial charge in [0.05, 0.1) is 11.3 Å². The molecule has 2 aromatic rings. The lowest BCUT2D eigenvalue weighted by atomic mass is 9.89. The Morgan fingerprint density at radius 2 is 1.61 bits per heavy atom. The van der Waals surface area contributed by atoms with Crippen LogP contribution in [0.25, 0.3) is 11.3 Å². The lowest BCUT2D eigenvalue weighted by molar-refractivity contribution is -0.118. The number of carbonyl (C=O) groups is 1. The first-order chi connectivity index (χ1) is 13.5. The van der Waals surface area contributed by atoms with Gasteiger partial charge >= 0.3 is 0 Å². The summed E-state index contributed by atoms with van der Waals surface area (Å²) in [5.41, 5.74) is 5.76. The van der Waals surface area contributed by atoms with E-state index in [1.54, 1.807) is 0 Å². The van der Waals surface area contributed by atoms with Gasteiger partial charge in [-0.1, -0.05) is 79.6 Å². The van der Waals surface area contributed by atoms with Crippen molar-refractivity contribution in [3.8, 4) is 0 Å². The molecule has 0 fully saturated rings. The third kappa shape index (κ3) is 3.03. The molecule has 2 aliphatic heterocycles. The van der Waals surface area contributed by atoms with E-state index in [9.17, 15) is 4.79 Å². The van der Waals surface area contributed by atoms with Crippen molar-refractivity contribution in [2.24, 2.45) is 0 Å². The predicted molar refractivity (Wildman–Crippen MR) is 117 cm³/mol. The maximum atomic E-state index is 13.6. The Labute approximate surface area is 167 Å². The molecule has 0 aromatic heterocycles. The Morgan fingerprint density at radius 3 is 2.29 bits per heavy atom. The van der Waals surface area contributed by atoms with Crippen LogP contribution in [-0.2, 0) is 11.2 Å². The maximum absolute atomic E-state index is 13.6. The van der Waals surface area contributed by atoms with Crippen LogP contribution in [0.5, 0.6) is 0 Å². The van der Waals surface area contributed by atoms with E-state index in [0.717, 1.165) is 28.8 Å². The van der Waals surface area contributed by atoms with Crippen LogP contribution in [0.1, 0.15) is 48.9 Å². The first-order valence-electron chi connectivity index (χ1n) is 10.2. The second kappa shape index (κ2) is 7.27. The lowest BCUT2D eigenvalue weighted by Crippen LogP contribution is -2.43. The molecule has 0 bridgehead atoms. The molecule has 0 N–H and O–H groups in total. The molecule has 0 spiro atoms. The number of allylic oxidation sites excluding steroid dienone is 2. The molecule has 2 aromatic carbocycles. The summed E-state index contributed by atoms with van der Waals surface area (Å²) in [6.45, 7) is 6.30. The number of aryl methyl sites for hydroxylation is 2. The minimum atomic E-state index is -0.662. The van der Waals surface area contributed by atoms with E-state index in [4.69, 9.17) is 0 Å². The van der Waals surface area contributed by atoms with E-state index >= 15 is 0 Å². The molecule has 4 rings (SSSR count). The number of nitrogens with zero attached hydrogens (tertiary/aromatic N) is 1. The highest BCUT2D eigenvalue weighted by atomic mass is 16.1. The maximum Gasteiger partial charge on any atom is 0.195 e. The number of Topliss-reactive ketones (excluding diaryl/α,β-unsaturated/α-hetero) is 1. The van der Waals surface area contributed by atoms with Gasteiger partial charge in [-0.25, -0.2) is 0 Å². The van der Waals surface area contributed by atoms with E-state index in [2.05, 4.69) is 67.3 Å². The van der Waals surface area contributed by atoms with Crippen LogP contribution in [-0.4, -0.2) is 16.2 Å². The van der Waals surface area contributed by atoms with Crippen molar-refractivity contribution < 1.29 is 4.79 Å². The summed E-state index contributed by atoms with van der Waals surface area (Å²) in [6.07, 6.45) is 11.5. The summed E-state index contributed by atoms with van der Waals surface area (Å²) in [6, 6.07) is 17.0. The van der Waals surface area contributed by atoms with Gasteiger partial charge in [0.25, 0.3) is 0 Å². The number of unbranched alkanes of at least 4 members (excludes halogenated alkanes) is 1. The van der Waals surface area contributed by atoms with Gasteiger partial charge in [0.2, 0.25) is 0 Å². The lowest BCUT2D eigenvalue weighted by Gasteiger charge is -2.34. The van der Waals surface area contributed by atoms with Gasteiger partial charge in [0, 0.05) is 6.20 Å². The molecule has 0 saturated heterocycles. The summed E-state index contributed by atoms with van der Waals surface area (Å²) in [5, 5.41) is 0. The Hall–Kier alpha value is -2.87. The summed E-state index contributed by atoms with van der Waals surface area (Å²) in [5.74, 6) is 0.157. The van der Waals surface area contributed by atoms with Crippen LogP contribution < -0.4 is 0 Å². The highest BCUT2D eigenvalue weighted by Gasteiger charge is 2.48. The van der Waals surface area contributed by atoms with Gasteiger partial charge in [0.1, 0.15) is 5.54 Å². The fraction of sp³-hybridized carbons (Fsp3) is 0.269. The number of carbonyl (C=O) groups excluding carboxylic acids is 1. The molecule has 0 amide bonds. The molecule has 2 nitrogen and oxygen atoms in total. The van der Waals surface area contributed by atoms with Crippen LogP contribution in [0.4, 0.5) is 0 Å². The Morgan fingerprint density at radius 1 is 0.929 bits per heavy atom. The van der Waals surface area contributed by atoms with Crippen molar-refractivity contribution in [3.63, 3.8) is 0 Å². The van der Waals surface area contributed by atoms with E-state index in [1.165, 1.54) is 24.0 Å². The number of hydrogen-bond donors (Lipinski definition) is 0. The number of hydrogen-bond acceptors (Lipinski definition) is 2. The molecule has 0 aliphatic carbocycles. The molecule has 2 heteroatoms. The van der Waals surface area contributed by atoms with Crippen molar-refractivity contribution in [1.29, 1.82) is 0 Å². The first kappa shape index (κ1) is 18.5. The van der Waals surface area contributed by atoms with Gasteiger partial charge in [-0.3, -0.25) is 4.79 Å². The molecule has 28 heavy (non-hydrogen) atoms. The summed E-state index contributed by atoms with van der Waals surface area (Å²) in [4.78, 5) is 15.7. The number of benzene rings is 2. The van der Waals surface area contributed by atoms with E-state index in [1.807, 2.05) is 31.4 Å². The summed E-state index contributed by atoms with van der Waals surface area (Å²) in [7, 11) is 0. The van der Waals surface area contributed by atoms with Gasteiger partial charge in [-0.2, -0.15) is 0 Å². The first-order valence-corrected chi connectivity index (χ1v) is 10.2. The molecular formula is C26H27NO. The van der Waals surface area contributed by atoms with Crippen LogP contribution in [0.2, 0.25) is 0 Å². The molecule has 2 aliphatic rings. The van der Waals surface area contributed by atoms with Crippen LogP contribution in [0.15, 0.2) is 73.0 Å². The molecule has 0 radical (unpaired) electrons. The Balaban J connectivity index is 1.85. The van der Waals surface area contributed by atoms with Crippen molar-refractivity contribution >= 4 is 17.1 Å². The highest BCUT2D eigenvalue weighted by Crippen LogP contribution is 2.46. The van der Waals surface area contributed by atoms with Crippen LogP contribution in [0.3, 0.4) is 0 Å². The smallest absolute Gasteiger partial charge is 0.195 e. The second-order valence-electron chi connectivity index (χ2n) is 7.94. The van der Waals surface area contributed by atoms with Crippen LogP contribution >= 0.6 is 0 Å². The quantitative estimate of drug-likeness (QED) is 0.651. The van der Waals surface area contributed by atoms with Gasteiger partial charge in [-0.05, 0) is 49.5 Å². The fourth-order valence-electron chi connectivity index (χ4n) is 4.07. The van der Waals surface area contributed by atoms with Gasteiger partial charge in [-0.15, -0.1) is 0 Å². The minimum absolute atomic E-state index is 0.157. The fourth-order valence-corrected chi connectivity index (χ4v) is 4.07. The largest absolute Gasteiger partial charge is 0.330 e. The summed E-state index contributed by atoms with van der Waals surface area (Å²) < 4.78 is 0. The van der Waals surface area contributed by atoms with E-state index in [-0.39, 0.29) is 5.78 Å². The number of ketones is 1. The number of rotatable bonds is 5. The topological polar surface area (TPSA) is 20.3 Å². The average molecular weight is 370 g/mol. The molecule has 2 heterocycles. The zero-order chi connectivity index (χ0) is 19.7. The third-order valence-corrected chi connectivity index (χ3v) is 5.82. The Kier molecular flexibility index (Phi) is 4.80. The van der Waals surface area contributed by atoms with E-state index < -0.39 is 5.54 Å². The van der Waals surface area contributed by atoms with Gasteiger partial charge in [0.15, 0.2) is 5.78 Å². The SMILES string of the molecule is CCCCc1ccc(C2=C(c3ccc(C)cc3)N3C=CC=CC3(C)C2=O)cc1. The molecule has 0 saturated carbocycles. The molecule has 142 valence electrons. The van der Waals surface area contributed by atoms with Crippen molar-refractivity contribution in [3.05, 3.63) is 95.2 Å². The zero-order valence-corrected chi connectivity index (χ0v) is 16.9. The minimum Gasteiger partial charge on any atom is -0.330 e. The second-order valence-corrected chi connectivity index (χ2v) is 7.94. The van der Waals surface area contributed by atoms with Crippen molar-refractivity contribution in [1.82, 2.24) is 4.90 Å². The number of fused-ring (bicyclic) bond motifs is 1. The summed E-state index contributed by atoms with van der Waals surface area (Å²) >= 11 is 0. The standard InChI is InChI=1S/C26H27NO/c1-4-5-8-20-11-15-21(16-12-20)23-24(22-13-9-19(2)10-14-22)27-18-7-6-17-26(27,3)25(23)28/h6-7,9-18H,4-5,8H2,1-3H3. The molecular weight excluding hydrogens is 342 g/mol. The monoisotopic (exact) mass is 369 g/mol.